The Labute approximate surface area is 205 Å². The minimum absolute atomic E-state index is 0. The van der Waals surface area contributed by atoms with Gasteiger partial charge < -0.3 is 24.8 Å². The fourth-order valence-corrected chi connectivity index (χ4v) is 13.7. The first kappa shape index (κ1) is 26.5. The van der Waals surface area contributed by atoms with E-state index in [-0.39, 0.29) is 24.8 Å². The van der Waals surface area contributed by atoms with Gasteiger partial charge >= 0.3 is 182 Å². The quantitative estimate of drug-likeness (QED) is 0.516. The maximum atomic E-state index is 5.05. The van der Waals surface area contributed by atoms with Gasteiger partial charge in [-0.3, -0.25) is 0 Å². The van der Waals surface area contributed by atoms with Crippen molar-refractivity contribution in [3.05, 3.63) is 41.0 Å². The van der Waals surface area contributed by atoms with Crippen LogP contribution in [0.2, 0.25) is 0 Å². The molecule has 0 aromatic carbocycles. The average molecular weight is 527 g/mol. The van der Waals surface area contributed by atoms with E-state index in [4.69, 9.17) is 4.21 Å². The van der Waals surface area contributed by atoms with Crippen LogP contribution >= 0.6 is 0 Å². The van der Waals surface area contributed by atoms with Gasteiger partial charge in [-0.1, -0.05) is 0 Å². The Bertz CT molecular complexity index is 756. The predicted octanol–water partition coefficient (Wildman–Crippen LogP) is 1.91. The number of halogens is 2. The van der Waals surface area contributed by atoms with E-state index in [1.54, 1.807) is 22.3 Å². The van der Waals surface area contributed by atoms with Crippen molar-refractivity contribution >= 4 is 4.21 Å². The zero-order valence-electron chi connectivity index (χ0n) is 19.9. The van der Waals surface area contributed by atoms with Gasteiger partial charge in [-0.15, -0.1) is 0 Å². The van der Waals surface area contributed by atoms with Crippen LogP contribution in [-0.2, 0) is 21.3 Å². The van der Waals surface area contributed by atoms with Gasteiger partial charge in [0, 0.05) is 0 Å². The topological polar surface area (TPSA) is 0 Å². The summed E-state index contributed by atoms with van der Waals surface area (Å²) in [6.45, 7) is 14.8. The van der Waals surface area contributed by atoms with Crippen LogP contribution in [0.15, 0.2) is 41.0 Å². The van der Waals surface area contributed by atoms with E-state index < -0.39 is 21.3 Å². The first-order valence-corrected chi connectivity index (χ1v) is 15.9. The van der Waals surface area contributed by atoms with Gasteiger partial charge in [0.05, 0.1) is 0 Å². The third-order valence-corrected chi connectivity index (χ3v) is 13.1. The van der Waals surface area contributed by atoms with Gasteiger partial charge in [-0.25, -0.2) is 0 Å². The molecule has 166 valence electrons. The standard InChI is InChI=1S/2C13H19.CH2.2ClH.Zr/c2*1-13(2,3)12-9-8-10-6-4-5-7-11(10)12;;;;/h2*8,12H,4-7H2,1-3H3;1H2;2*1H;/q;;;;;+2/p-2. The zero-order chi connectivity index (χ0) is 20.3. The molecular weight excluding hydrogens is 486 g/mol. The van der Waals surface area contributed by atoms with Crippen molar-refractivity contribution in [2.45, 2.75) is 92.9 Å². The maximum absolute atomic E-state index is 5.05. The summed E-state index contributed by atoms with van der Waals surface area (Å²) in [6, 6.07) is 0. The van der Waals surface area contributed by atoms with Crippen LogP contribution in [0.25, 0.3) is 0 Å². The largest absolute Gasteiger partial charge is 1.00 e. The molecule has 0 saturated carbocycles. The van der Waals surface area contributed by atoms with E-state index in [0.29, 0.717) is 22.7 Å². The fourth-order valence-electron chi connectivity index (χ4n) is 6.48. The molecular formula is C27H40Cl2Zr. The number of hydrogen-bond donors (Lipinski definition) is 0. The van der Waals surface area contributed by atoms with Crippen molar-refractivity contribution in [2.24, 2.45) is 22.7 Å². The summed E-state index contributed by atoms with van der Waals surface area (Å²) in [5.74, 6) is 1.35. The maximum Gasteiger partial charge on any atom is -1.00 e. The minimum Gasteiger partial charge on any atom is -1.00 e. The third kappa shape index (κ3) is 4.80. The molecule has 3 heteroatoms. The van der Waals surface area contributed by atoms with Crippen LogP contribution in [0.1, 0.15) is 92.9 Å². The monoisotopic (exact) mass is 524 g/mol. The molecule has 4 rings (SSSR count). The van der Waals surface area contributed by atoms with Gasteiger partial charge in [0.2, 0.25) is 0 Å². The molecule has 30 heavy (non-hydrogen) atoms. The summed E-state index contributed by atoms with van der Waals surface area (Å²) in [6.07, 6.45) is 16.2. The summed E-state index contributed by atoms with van der Waals surface area (Å²) in [5, 5.41) is 0. The van der Waals surface area contributed by atoms with Gasteiger partial charge in [-0.05, 0) is 0 Å². The van der Waals surface area contributed by atoms with Crippen LogP contribution in [0, 0.1) is 22.7 Å². The predicted molar refractivity (Wildman–Crippen MR) is 120 cm³/mol. The Kier molecular flexibility index (Phi) is 8.54. The second kappa shape index (κ2) is 9.65. The number of allylic oxidation sites excluding steroid dienone is 8. The molecule has 0 spiro atoms. The molecule has 0 amide bonds. The van der Waals surface area contributed by atoms with Gasteiger partial charge in [0.15, 0.2) is 0 Å². The molecule has 4 aliphatic carbocycles. The fraction of sp³-hybridized carbons (Fsp3) is 0.667. The molecule has 0 aromatic rings. The van der Waals surface area contributed by atoms with Crippen LogP contribution in [0.4, 0.5) is 0 Å². The zero-order valence-corrected chi connectivity index (χ0v) is 23.9. The van der Waals surface area contributed by atoms with Crippen molar-refractivity contribution in [2.75, 3.05) is 0 Å². The first-order chi connectivity index (χ1) is 13.1. The summed E-state index contributed by atoms with van der Waals surface area (Å²) < 4.78 is 8.69. The smallest absolute Gasteiger partial charge is 1.00 e. The van der Waals surface area contributed by atoms with Gasteiger partial charge in [-0.2, -0.15) is 0 Å². The molecule has 2 unspecified atom stereocenters. The van der Waals surface area contributed by atoms with E-state index >= 15 is 0 Å². The van der Waals surface area contributed by atoms with Crippen molar-refractivity contribution in [1.29, 1.82) is 0 Å². The number of rotatable bonds is 2. The molecule has 0 bridgehead atoms. The molecule has 2 atom stereocenters. The molecule has 0 saturated heterocycles. The van der Waals surface area contributed by atoms with Crippen molar-refractivity contribution < 1.29 is 46.1 Å². The van der Waals surface area contributed by atoms with Gasteiger partial charge in [0.25, 0.3) is 0 Å². The summed E-state index contributed by atoms with van der Waals surface area (Å²) >= 11 is -2.10. The van der Waals surface area contributed by atoms with Crippen LogP contribution in [0.3, 0.4) is 0 Å². The third-order valence-electron chi connectivity index (χ3n) is 7.52. The van der Waals surface area contributed by atoms with Crippen molar-refractivity contribution in [1.82, 2.24) is 0 Å². The first-order valence-electron chi connectivity index (χ1n) is 11.7. The molecule has 0 fully saturated rings. The second-order valence-electron chi connectivity index (χ2n) is 11.8. The SMILES string of the molecule is [CH2]=[Zr+2]([C]1=CC2=C(CCCC2)C1C(C)(C)C)[C]1=CC2=C(CCCC2)C1C(C)(C)C.[Cl-].[Cl-]. The van der Waals surface area contributed by atoms with E-state index in [1.807, 2.05) is 6.56 Å². The van der Waals surface area contributed by atoms with E-state index in [0.717, 1.165) is 0 Å². The normalized spacial score (nSPS) is 26.0. The Hall–Kier alpha value is 0.293. The van der Waals surface area contributed by atoms with E-state index in [9.17, 15) is 0 Å². The summed E-state index contributed by atoms with van der Waals surface area (Å²) in [4.78, 5) is 0. The molecule has 4 aliphatic rings. The van der Waals surface area contributed by atoms with E-state index in [1.165, 1.54) is 51.4 Å². The Morgan fingerprint density at radius 1 is 0.667 bits per heavy atom. The molecule has 0 radical (unpaired) electrons. The molecule has 0 N–H and O–H groups in total. The average Bonchev–Trinajstić information content (AvgIpc) is 3.19. The Morgan fingerprint density at radius 3 is 1.33 bits per heavy atom. The Balaban J connectivity index is 0.00000160. The van der Waals surface area contributed by atoms with E-state index in [2.05, 4.69) is 53.7 Å². The van der Waals surface area contributed by atoms with Crippen molar-refractivity contribution in [3.63, 3.8) is 0 Å². The van der Waals surface area contributed by atoms with Crippen LogP contribution in [0.5, 0.6) is 0 Å². The summed E-state index contributed by atoms with van der Waals surface area (Å²) in [7, 11) is 0. The van der Waals surface area contributed by atoms with Crippen LogP contribution < -0.4 is 24.8 Å². The molecule has 0 aromatic heterocycles. The van der Waals surface area contributed by atoms with Crippen LogP contribution in [-0.4, -0.2) is 4.21 Å². The van der Waals surface area contributed by atoms with Gasteiger partial charge in [0.1, 0.15) is 0 Å². The van der Waals surface area contributed by atoms with Crippen molar-refractivity contribution in [3.8, 4) is 0 Å². The summed E-state index contributed by atoms with van der Waals surface area (Å²) in [5.41, 5.74) is 7.69. The molecule has 0 nitrogen and oxygen atoms in total. The second-order valence-corrected chi connectivity index (χ2v) is 17.0. The Morgan fingerprint density at radius 2 is 1.00 bits per heavy atom. The number of hydrogen-bond acceptors (Lipinski definition) is 0. The molecule has 0 heterocycles. The molecule has 0 aliphatic heterocycles. The minimum atomic E-state index is -2.10.